The van der Waals surface area contributed by atoms with E-state index in [1.807, 2.05) is 6.92 Å². The van der Waals surface area contributed by atoms with Crippen molar-refractivity contribution in [1.29, 1.82) is 0 Å². The lowest BCUT2D eigenvalue weighted by atomic mass is 10.1. The predicted molar refractivity (Wildman–Crippen MR) is 69.7 cm³/mol. The molecule has 0 aromatic heterocycles. The van der Waals surface area contributed by atoms with Gasteiger partial charge < -0.3 is 25.0 Å². The summed E-state index contributed by atoms with van der Waals surface area (Å²) < 4.78 is 10.4. The normalized spacial score (nSPS) is 10.4. The highest BCUT2D eigenvalue weighted by Crippen LogP contribution is 2.29. The van der Waals surface area contributed by atoms with Crippen LogP contribution >= 0.6 is 0 Å². The largest absolute Gasteiger partial charge is 0.496 e. The average Bonchev–Trinajstić information content (AvgIpc) is 2.44. The molecular formula is C13H19NO5. The average molecular weight is 269 g/mol. The predicted octanol–water partition coefficient (Wildman–Crippen LogP) is 0.0952. The zero-order valence-electron chi connectivity index (χ0n) is 11.3. The van der Waals surface area contributed by atoms with Gasteiger partial charge in [0.05, 0.1) is 33.5 Å². The summed E-state index contributed by atoms with van der Waals surface area (Å²) in [5.74, 6) is 0.660. The third kappa shape index (κ3) is 3.59. The molecular weight excluding hydrogens is 250 g/mol. The number of carbonyl (C=O) groups excluding carboxylic acids is 1. The topological polar surface area (TPSA) is 88.0 Å². The molecule has 1 aromatic rings. The second-order valence-corrected chi connectivity index (χ2v) is 4.04. The molecule has 0 fully saturated rings. The maximum Gasteiger partial charge on any atom is 0.251 e. The van der Waals surface area contributed by atoms with Crippen molar-refractivity contribution >= 4 is 5.91 Å². The number of aliphatic hydroxyl groups excluding tert-OH is 2. The minimum Gasteiger partial charge on any atom is -0.496 e. The van der Waals surface area contributed by atoms with Crippen LogP contribution in [0.2, 0.25) is 0 Å². The van der Waals surface area contributed by atoms with Gasteiger partial charge in [0.2, 0.25) is 0 Å². The lowest BCUT2D eigenvalue weighted by molar-refractivity contribution is 0.0878. The van der Waals surface area contributed by atoms with E-state index in [4.69, 9.17) is 19.7 Å². The molecule has 1 rings (SSSR count). The molecule has 0 spiro atoms. The van der Waals surface area contributed by atoms with Gasteiger partial charge in [0.15, 0.2) is 0 Å². The van der Waals surface area contributed by atoms with E-state index < -0.39 is 11.9 Å². The number of rotatable bonds is 6. The third-order valence-corrected chi connectivity index (χ3v) is 2.79. The molecule has 106 valence electrons. The number of hydrogen-bond donors (Lipinski definition) is 3. The fourth-order valence-electron chi connectivity index (χ4n) is 1.63. The van der Waals surface area contributed by atoms with Crippen molar-refractivity contribution in [1.82, 2.24) is 5.32 Å². The molecule has 0 bridgehead atoms. The van der Waals surface area contributed by atoms with Crippen LogP contribution in [0.3, 0.4) is 0 Å². The summed E-state index contributed by atoms with van der Waals surface area (Å²) in [5.41, 5.74) is 1.13. The number of benzene rings is 1. The highest BCUT2D eigenvalue weighted by atomic mass is 16.5. The van der Waals surface area contributed by atoms with Gasteiger partial charge in [-0.25, -0.2) is 0 Å². The zero-order valence-corrected chi connectivity index (χ0v) is 11.3. The monoisotopic (exact) mass is 269 g/mol. The van der Waals surface area contributed by atoms with E-state index in [0.29, 0.717) is 17.1 Å². The minimum atomic E-state index is -0.689. The Hall–Kier alpha value is -1.79. The van der Waals surface area contributed by atoms with Crippen LogP contribution in [0.25, 0.3) is 0 Å². The Labute approximate surface area is 112 Å². The molecule has 0 saturated carbocycles. The van der Waals surface area contributed by atoms with E-state index in [0.717, 1.165) is 5.56 Å². The van der Waals surface area contributed by atoms with E-state index in [1.165, 1.54) is 14.2 Å². The molecule has 0 aliphatic heterocycles. The molecule has 1 amide bonds. The van der Waals surface area contributed by atoms with Gasteiger partial charge in [-0.2, -0.15) is 0 Å². The van der Waals surface area contributed by atoms with Gasteiger partial charge in [-0.15, -0.1) is 0 Å². The van der Waals surface area contributed by atoms with Gasteiger partial charge in [-0.1, -0.05) is 0 Å². The Morgan fingerprint density at radius 3 is 2.05 bits per heavy atom. The second kappa shape index (κ2) is 6.96. The number of carbonyl (C=O) groups is 1. The van der Waals surface area contributed by atoms with Crippen molar-refractivity contribution in [2.75, 3.05) is 27.4 Å². The van der Waals surface area contributed by atoms with Crippen molar-refractivity contribution in [2.45, 2.75) is 13.0 Å². The van der Waals surface area contributed by atoms with E-state index >= 15 is 0 Å². The molecule has 19 heavy (non-hydrogen) atoms. The van der Waals surface area contributed by atoms with Crippen LogP contribution in [0.4, 0.5) is 0 Å². The summed E-state index contributed by atoms with van der Waals surface area (Å²) in [6, 6.07) is 2.48. The summed E-state index contributed by atoms with van der Waals surface area (Å²) in [4.78, 5) is 12.0. The molecule has 0 atom stereocenters. The maximum absolute atomic E-state index is 12.0. The van der Waals surface area contributed by atoms with Crippen molar-refractivity contribution < 1.29 is 24.5 Å². The molecule has 6 heteroatoms. The number of hydrogen-bond acceptors (Lipinski definition) is 5. The Morgan fingerprint density at radius 2 is 1.68 bits per heavy atom. The van der Waals surface area contributed by atoms with Crippen LogP contribution in [0.15, 0.2) is 12.1 Å². The Bertz CT molecular complexity index is 418. The first-order valence-corrected chi connectivity index (χ1v) is 5.82. The smallest absolute Gasteiger partial charge is 0.251 e. The number of amides is 1. The first-order valence-electron chi connectivity index (χ1n) is 5.82. The van der Waals surface area contributed by atoms with Crippen molar-refractivity contribution in [3.05, 3.63) is 23.3 Å². The molecule has 0 radical (unpaired) electrons. The summed E-state index contributed by atoms with van der Waals surface area (Å²) in [5, 5.41) is 20.4. The summed E-state index contributed by atoms with van der Waals surface area (Å²) >= 11 is 0. The number of methoxy groups -OCH3 is 2. The Morgan fingerprint density at radius 1 is 1.21 bits per heavy atom. The van der Waals surface area contributed by atoms with E-state index in [9.17, 15) is 4.79 Å². The van der Waals surface area contributed by atoms with Gasteiger partial charge in [0.1, 0.15) is 11.5 Å². The van der Waals surface area contributed by atoms with E-state index in [2.05, 4.69) is 5.32 Å². The fraction of sp³-hybridized carbons (Fsp3) is 0.462. The molecule has 0 aliphatic carbocycles. The van der Waals surface area contributed by atoms with Crippen LogP contribution < -0.4 is 14.8 Å². The van der Waals surface area contributed by atoms with Crippen molar-refractivity contribution in [2.24, 2.45) is 0 Å². The molecule has 6 nitrogen and oxygen atoms in total. The van der Waals surface area contributed by atoms with Crippen LogP contribution in [-0.2, 0) is 0 Å². The molecule has 1 aromatic carbocycles. The summed E-state index contributed by atoms with van der Waals surface area (Å²) in [7, 11) is 3.02. The van der Waals surface area contributed by atoms with Gasteiger partial charge in [0, 0.05) is 11.1 Å². The summed E-state index contributed by atoms with van der Waals surface area (Å²) in [6.07, 6.45) is 0. The quantitative estimate of drug-likeness (QED) is 0.681. The summed E-state index contributed by atoms with van der Waals surface area (Å²) in [6.45, 7) is 1.16. The van der Waals surface area contributed by atoms with Crippen LogP contribution in [-0.4, -0.2) is 49.6 Å². The minimum absolute atomic E-state index is 0.331. The first kappa shape index (κ1) is 15.3. The molecule has 0 saturated heterocycles. The zero-order chi connectivity index (χ0) is 14.4. The Kier molecular flexibility index (Phi) is 5.59. The van der Waals surface area contributed by atoms with Crippen molar-refractivity contribution in [3.63, 3.8) is 0 Å². The lowest BCUT2D eigenvalue weighted by Crippen LogP contribution is -2.40. The van der Waals surface area contributed by atoms with E-state index in [-0.39, 0.29) is 13.2 Å². The standard InChI is InChI=1S/C13H19NO5/c1-8-11(18-2)4-9(5-12(8)19-3)13(17)14-10(6-15)7-16/h4-5,10,15-16H,6-7H2,1-3H3,(H,14,17). The maximum atomic E-state index is 12.0. The second-order valence-electron chi connectivity index (χ2n) is 4.04. The third-order valence-electron chi connectivity index (χ3n) is 2.79. The van der Waals surface area contributed by atoms with Gasteiger partial charge in [0.25, 0.3) is 5.91 Å². The highest BCUT2D eigenvalue weighted by Gasteiger charge is 2.16. The van der Waals surface area contributed by atoms with Crippen LogP contribution in [0, 0.1) is 6.92 Å². The number of nitrogens with one attached hydrogen (secondary N) is 1. The SMILES string of the molecule is COc1cc(C(=O)NC(CO)CO)cc(OC)c1C. The molecule has 0 unspecified atom stereocenters. The number of ether oxygens (including phenoxy) is 2. The van der Waals surface area contributed by atoms with Gasteiger partial charge >= 0.3 is 0 Å². The van der Waals surface area contributed by atoms with Crippen molar-refractivity contribution in [3.8, 4) is 11.5 Å². The molecule has 3 N–H and O–H groups in total. The lowest BCUT2D eigenvalue weighted by Gasteiger charge is -2.15. The Balaban J connectivity index is 3.03. The molecule has 0 aliphatic rings. The van der Waals surface area contributed by atoms with Crippen LogP contribution in [0.1, 0.15) is 15.9 Å². The van der Waals surface area contributed by atoms with Gasteiger partial charge in [-0.05, 0) is 19.1 Å². The molecule has 0 heterocycles. The fourth-order valence-corrected chi connectivity index (χ4v) is 1.63. The first-order chi connectivity index (χ1) is 9.07. The van der Waals surface area contributed by atoms with Crippen LogP contribution in [0.5, 0.6) is 11.5 Å². The number of aliphatic hydroxyl groups is 2. The highest BCUT2D eigenvalue weighted by molar-refractivity contribution is 5.95. The van der Waals surface area contributed by atoms with E-state index in [1.54, 1.807) is 12.1 Å². The van der Waals surface area contributed by atoms with Gasteiger partial charge in [-0.3, -0.25) is 4.79 Å².